The Morgan fingerprint density at radius 2 is 1.71 bits per heavy atom. The molecule has 31 heavy (non-hydrogen) atoms. The van der Waals surface area contributed by atoms with Gasteiger partial charge in [0.25, 0.3) is 0 Å². The highest BCUT2D eigenvalue weighted by Gasteiger charge is 2.22. The first-order valence-corrected chi connectivity index (χ1v) is 12.0. The molecule has 0 N–H and O–H groups in total. The van der Waals surface area contributed by atoms with Crippen molar-refractivity contribution in [1.82, 2.24) is 0 Å². The first-order chi connectivity index (χ1) is 15.1. The van der Waals surface area contributed by atoms with Crippen LogP contribution < -0.4 is 4.74 Å². The van der Waals surface area contributed by atoms with Crippen LogP contribution in [-0.4, -0.2) is 7.11 Å². The van der Waals surface area contributed by atoms with Gasteiger partial charge in [0, 0.05) is 11.1 Å². The largest absolute Gasteiger partial charge is 0.493 e. The maximum Gasteiger partial charge on any atom is 0.168 e. The summed E-state index contributed by atoms with van der Waals surface area (Å²) >= 11 is 0. The number of nitriles is 1. The quantitative estimate of drug-likeness (QED) is 0.382. The summed E-state index contributed by atoms with van der Waals surface area (Å²) in [5.41, 5.74) is 3.94. The molecule has 0 unspecified atom stereocenters. The lowest BCUT2D eigenvalue weighted by atomic mass is 9.78. The summed E-state index contributed by atoms with van der Waals surface area (Å²) in [5, 5.41) is 9.83. The molecule has 1 aliphatic rings. The summed E-state index contributed by atoms with van der Waals surface area (Å²) in [7, 11) is 1.51. The predicted octanol–water partition coefficient (Wildman–Crippen LogP) is 8.18. The monoisotopic (exact) mass is 421 g/mol. The number of aryl methyl sites for hydroxylation is 1. The molecular formula is C28H36FNO. The van der Waals surface area contributed by atoms with Gasteiger partial charge in [0.15, 0.2) is 11.6 Å². The second kappa shape index (κ2) is 11.3. The molecule has 0 aromatic heterocycles. The van der Waals surface area contributed by atoms with Crippen LogP contribution in [-0.2, 0) is 6.42 Å². The van der Waals surface area contributed by atoms with Gasteiger partial charge >= 0.3 is 0 Å². The van der Waals surface area contributed by atoms with E-state index < -0.39 is 0 Å². The molecule has 1 aliphatic carbocycles. The van der Waals surface area contributed by atoms with Crippen molar-refractivity contribution in [2.45, 2.75) is 84.0 Å². The lowest BCUT2D eigenvalue weighted by Gasteiger charge is -2.27. The number of rotatable bonds is 9. The Labute approximate surface area is 187 Å². The molecule has 0 amide bonds. The molecule has 166 valence electrons. The fourth-order valence-corrected chi connectivity index (χ4v) is 4.86. The molecule has 0 spiro atoms. The third-order valence-electron chi connectivity index (χ3n) is 6.87. The van der Waals surface area contributed by atoms with E-state index >= 15 is 4.39 Å². The number of benzene rings is 2. The van der Waals surface area contributed by atoms with Crippen molar-refractivity contribution in [1.29, 1.82) is 5.26 Å². The number of nitrogens with zero attached hydrogens (tertiary/aromatic N) is 1. The van der Waals surface area contributed by atoms with Crippen LogP contribution in [0.5, 0.6) is 5.75 Å². The van der Waals surface area contributed by atoms with Gasteiger partial charge in [-0.3, -0.25) is 0 Å². The van der Waals surface area contributed by atoms with Gasteiger partial charge in [-0.2, -0.15) is 5.26 Å². The summed E-state index contributed by atoms with van der Waals surface area (Å²) in [6.45, 7) is 4.51. The molecule has 0 aliphatic heterocycles. The van der Waals surface area contributed by atoms with Crippen molar-refractivity contribution < 1.29 is 9.13 Å². The lowest BCUT2D eigenvalue weighted by molar-refractivity contribution is 0.348. The average molecular weight is 422 g/mol. The molecule has 3 heteroatoms. The second-order valence-electron chi connectivity index (χ2n) is 9.16. The van der Waals surface area contributed by atoms with Crippen LogP contribution in [0.15, 0.2) is 30.3 Å². The van der Waals surface area contributed by atoms with Crippen LogP contribution in [0.1, 0.15) is 94.2 Å². The number of halogens is 1. The first kappa shape index (κ1) is 23.3. The van der Waals surface area contributed by atoms with Gasteiger partial charge in [0.05, 0.1) is 18.7 Å². The minimum Gasteiger partial charge on any atom is -0.493 e. The van der Waals surface area contributed by atoms with Gasteiger partial charge in [0.2, 0.25) is 0 Å². The van der Waals surface area contributed by atoms with E-state index in [1.54, 1.807) is 0 Å². The first-order valence-electron chi connectivity index (χ1n) is 12.0. The van der Waals surface area contributed by atoms with Crippen LogP contribution in [0.2, 0.25) is 0 Å². The van der Waals surface area contributed by atoms with E-state index in [0.29, 0.717) is 22.6 Å². The van der Waals surface area contributed by atoms with E-state index in [1.165, 1.54) is 57.6 Å². The van der Waals surface area contributed by atoms with Crippen LogP contribution in [0, 0.1) is 23.1 Å². The Bertz CT molecular complexity index is 906. The van der Waals surface area contributed by atoms with Crippen LogP contribution in [0.3, 0.4) is 0 Å². The van der Waals surface area contributed by atoms with Gasteiger partial charge in [-0.15, -0.1) is 0 Å². The molecule has 2 nitrogen and oxygen atoms in total. The van der Waals surface area contributed by atoms with Gasteiger partial charge in [-0.05, 0) is 54.7 Å². The maximum absolute atomic E-state index is 15.2. The standard InChI is InChI=1S/C28H36FNO/c1-4-5-6-7-8-9-22-14-17-26(28(31-3)27(22)29)25-16-15-23(18-24(25)19-30)21-12-10-20(2)11-13-21/h14-18,20-21H,4-13H2,1-3H3. The maximum atomic E-state index is 15.2. The van der Waals surface area contributed by atoms with E-state index in [9.17, 15) is 5.26 Å². The van der Waals surface area contributed by atoms with Gasteiger partial charge in [-0.25, -0.2) is 4.39 Å². The van der Waals surface area contributed by atoms with E-state index in [0.717, 1.165) is 30.7 Å². The number of hydrogen-bond acceptors (Lipinski definition) is 2. The molecule has 1 fully saturated rings. The fraction of sp³-hybridized carbons (Fsp3) is 0.536. The summed E-state index contributed by atoms with van der Waals surface area (Å²) in [4.78, 5) is 0. The molecule has 0 heterocycles. The van der Waals surface area contributed by atoms with Crippen molar-refractivity contribution in [2.75, 3.05) is 7.11 Å². The Morgan fingerprint density at radius 1 is 1.00 bits per heavy atom. The number of ether oxygens (including phenoxy) is 1. The predicted molar refractivity (Wildman–Crippen MR) is 126 cm³/mol. The Hall–Kier alpha value is -2.34. The normalized spacial score (nSPS) is 18.5. The van der Waals surface area contributed by atoms with Gasteiger partial charge in [-0.1, -0.05) is 76.6 Å². The molecule has 0 radical (unpaired) electrons. The highest BCUT2D eigenvalue weighted by Crippen LogP contribution is 2.40. The highest BCUT2D eigenvalue weighted by atomic mass is 19.1. The molecule has 0 bridgehead atoms. The van der Waals surface area contributed by atoms with E-state index in [-0.39, 0.29) is 11.6 Å². The van der Waals surface area contributed by atoms with E-state index in [2.05, 4.69) is 26.0 Å². The fourth-order valence-electron chi connectivity index (χ4n) is 4.86. The van der Waals surface area contributed by atoms with Crippen LogP contribution in [0.4, 0.5) is 4.39 Å². The zero-order valence-electron chi connectivity index (χ0n) is 19.3. The summed E-state index contributed by atoms with van der Waals surface area (Å²) in [6, 6.07) is 12.2. The molecule has 0 atom stereocenters. The SMILES string of the molecule is CCCCCCCc1ccc(-c2ccc(C3CCC(C)CC3)cc2C#N)c(OC)c1F. The van der Waals surface area contributed by atoms with Gasteiger partial charge in [0.1, 0.15) is 0 Å². The Kier molecular flexibility index (Phi) is 8.52. The van der Waals surface area contributed by atoms with Gasteiger partial charge < -0.3 is 4.74 Å². The minimum atomic E-state index is -0.287. The Balaban J connectivity index is 1.84. The van der Waals surface area contributed by atoms with Crippen molar-refractivity contribution in [3.05, 3.63) is 52.8 Å². The number of hydrogen-bond donors (Lipinski definition) is 0. The molecule has 3 rings (SSSR count). The highest BCUT2D eigenvalue weighted by molar-refractivity contribution is 5.77. The van der Waals surface area contributed by atoms with Crippen LogP contribution in [0.25, 0.3) is 11.1 Å². The third-order valence-corrected chi connectivity index (χ3v) is 6.87. The smallest absolute Gasteiger partial charge is 0.168 e. The van der Waals surface area contributed by atoms with Crippen molar-refractivity contribution in [3.63, 3.8) is 0 Å². The number of methoxy groups -OCH3 is 1. The molecule has 1 saturated carbocycles. The van der Waals surface area contributed by atoms with Crippen molar-refractivity contribution >= 4 is 0 Å². The minimum absolute atomic E-state index is 0.252. The molecule has 0 saturated heterocycles. The Morgan fingerprint density at radius 3 is 2.39 bits per heavy atom. The van der Waals surface area contributed by atoms with Crippen molar-refractivity contribution in [2.24, 2.45) is 5.92 Å². The zero-order chi connectivity index (χ0) is 22.2. The lowest BCUT2D eigenvalue weighted by Crippen LogP contribution is -2.11. The van der Waals surface area contributed by atoms with E-state index in [1.807, 2.05) is 24.3 Å². The van der Waals surface area contributed by atoms with Crippen LogP contribution >= 0.6 is 0 Å². The zero-order valence-corrected chi connectivity index (χ0v) is 19.3. The summed E-state index contributed by atoms with van der Waals surface area (Å²) < 4.78 is 20.7. The number of unbranched alkanes of at least 4 members (excludes halogenated alkanes) is 4. The van der Waals surface area contributed by atoms with Crippen molar-refractivity contribution in [3.8, 4) is 22.9 Å². The third kappa shape index (κ3) is 5.67. The average Bonchev–Trinajstić information content (AvgIpc) is 2.79. The molecular weight excluding hydrogens is 385 g/mol. The summed E-state index contributed by atoms with van der Waals surface area (Å²) in [6.07, 6.45) is 11.3. The molecule has 2 aromatic rings. The second-order valence-corrected chi connectivity index (χ2v) is 9.16. The van der Waals surface area contributed by atoms with E-state index in [4.69, 9.17) is 4.74 Å². The topological polar surface area (TPSA) is 33.0 Å². The summed E-state index contributed by atoms with van der Waals surface area (Å²) in [5.74, 6) is 1.28. The molecule has 2 aromatic carbocycles.